The molecule has 0 amide bonds. The SMILES string of the molecule is C#CCOC(=O)C1OC(=O)OC1CC.C#CCOC(=O)C1OC(=O)OC1CCC.CC1OC(=O)OC1C(=O)OCC(F)(F)F.CCC1OC(=O)OC1C(=O)OC.CCCC1OC(=O)OC1C(=O)OC. The summed E-state index contributed by atoms with van der Waals surface area (Å²) in [6.45, 7) is 6.74. The number of esters is 5. The van der Waals surface area contributed by atoms with Crippen molar-refractivity contribution >= 4 is 60.6 Å². The molecule has 5 rings (SSSR count). The van der Waals surface area contributed by atoms with Crippen LogP contribution in [0.5, 0.6) is 0 Å². The van der Waals surface area contributed by atoms with Crippen LogP contribution < -0.4 is 0 Å². The maximum atomic E-state index is 11.7. The Morgan fingerprint density at radius 3 is 1.10 bits per heavy atom. The molecular formula is C41H51F3O25. The number of ether oxygens (including phenoxy) is 15. The van der Waals surface area contributed by atoms with Crippen LogP contribution in [0.4, 0.5) is 37.1 Å². The largest absolute Gasteiger partial charge is 0.509 e. The van der Waals surface area contributed by atoms with Crippen LogP contribution in [0, 0.1) is 24.7 Å². The third-order valence-corrected chi connectivity index (χ3v) is 8.65. The molecule has 0 bridgehead atoms. The zero-order valence-corrected chi connectivity index (χ0v) is 38.1. The molecule has 10 atom stereocenters. The number of rotatable bonds is 14. The van der Waals surface area contributed by atoms with Crippen molar-refractivity contribution in [3.8, 4) is 24.7 Å². The van der Waals surface area contributed by atoms with Gasteiger partial charge in [-0.3, -0.25) is 0 Å². The molecule has 5 fully saturated rings. The second kappa shape index (κ2) is 30.1. The van der Waals surface area contributed by atoms with Crippen LogP contribution in [0.25, 0.3) is 0 Å². The quantitative estimate of drug-likeness (QED) is 0.136. The van der Waals surface area contributed by atoms with E-state index in [2.05, 4.69) is 68.7 Å². The van der Waals surface area contributed by atoms with Crippen LogP contribution in [-0.2, 0) is 95.0 Å². The van der Waals surface area contributed by atoms with E-state index in [-0.39, 0.29) is 13.2 Å². The van der Waals surface area contributed by atoms with E-state index in [4.69, 9.17) is 27.1 Å². The van der Waals surface area contributed by atoms with Crippen LogP contribution in [0.15, 0.2) is 0 Å². The number of halogens is 3. The fraction of sp³-hybridized carbons (Fsp3) is 0.659. The fourth-order valence-corrected chi connectivity index (χ4v) is 5.49. The van der Waals surface area contributed by atoms with Gasteiger partial charge in [0.25, 0.3) is 0 Å². The van der Waals surface area contributed by atoms with Gasteiger partial charge in [-0.1, -0.05) is 52.4 Å². The predicted molar refractivity (Wildman–Crippen MR) is 212 cm³/mol. The van der Waals surface area contributed by atoms with Gasteiger partial charge in [0, 0.05) is 0 Å². The number of terminal acetylenes is 2. The van der Waals surface area contributed by atoms with E-state index in [1.165, 1.54) is 21.1 Å². The smallest absolute Gasteiger partial charge is 0.466 e. The first-order valence-corrected chi connectivity index (χ1v) is 20.5. The number of carbonyl (C=O) groups is 10. The van der Waals surface area contributed by atoms with Gasteiger partial charge in [-0.15, -0.1) is 12.8 Å². The lowest BCUT2D eigenvalue weighted by molar-refractivity contribution is -0.191. The molecule has 0 aromatic rings. The van der Waals surface area contributed by atoms with Crippen LogP contribution >= 0.6 is 0 Å². The summed E-state index contributed by atoms with van der Waals surface area (Å²) in [6, 6.07) is 0. The molecule has 0 radical (unpaired) electrons. The van der Waals surface area contributed by atoms with E-state index in [0.29, 0.717) is 25.7 Å². The number of alkyl halides is 3. The minimum absolute atomic E-state index is 0.133. The summed E-state index contributed by atoms with van der Waals surface area (Å²) in [5.74, 6) is 0.562. The molecule has 0 aliphatic carbocycles. The highest BCUT2D eigenvalue weighted by molar-refractivity contribution is 5.83. The topological polar surface area (TPSA) is 309 Å². The average Bonchev–Trinajstić information content (AvgIpc) is 4.14. The van der Waals surface area contributed by atoms with Crippen molar-refractivity contribution in [2.75, 3.05) is 34.0 Å². The highest BCUT2D eigenvalue weighted by atomic mass is 19.4. The molecule has 5 heterocycles. The highest BCUT2D eigenvalue weighted by Crippen LogP contribution is 2.23. The van der Waals surface area contributed by atoms with Gasteiger partial charge >= 0.3 is 66.8 Å². The average molecular weight is 1000 g/mol. The molecule has 386 valence electrons. The normalized spacial score (nSPS) is 25.6. The molecule has 69 heavy (non-hydrogen) atoms. The lowest BCUT2D eigenvalue weighted by Gasteiger charge is -2.12. The van der Waals surface area contributed by atoms with Crippen molar-refractivity contribution in [2.24, 2.45) is 0 Å². The zero-order valence-electron chi connectivity index (χ0n) is 38.1. The lowest BCUT2D eigenvalue weighted by Crippen LogP contribution is -2.33. The van der Waals surface area contributed by atoms with Gasteiger partial charge in [0.05, 0.1) is 14.2 Å². The van der Waals surface area contributed by atoms with Gasteiger partial charge in [-0.25, -0.2) is 47.9 Å². The Balaban J connectivity index is 0.000000432. The standard InChI is InChI=1S/C10H12O5.C9H10O5.C8H12O5.C7H7F3O5.C7H10O5/c1-3-5-7-8(15-10(12)14-7)9(11)13-6-4-2;1-3-5-12-8(10)7-6(4-2)13-9(11)14-7;1-3-4-5-6(7(9)11-2)13-8(10)12-5;1-3-4(15-6(12)14-3)5(11)13-2-7(8,9)10;1-3-4-5(6(8)10-2)12-7(9)11-4/h2,7-8H,3,5-6H2,1H3;1,6-7H,4-5H2,2H3;5-6H,3-4H2,1-2H3;3-4H,2H2,1H3;4-5H,3H2,1-2H3. The number of cyclic esters (lactones) is 10. The summed E-state index contributed by atoms with van der Waals surface area (Å²) >= 11 is 0. The first-order valence-electron chi connectivity index (χ1n) is 20.5. The molecule has 25 nitrogen and oxygen atoms in total. The Labute approximate surface area is 391 Å². The first-order chi connectivity index (χ1) is 32.5. The van der Waals surface area contributed by atoms with Crippen LogP contribution in [-0.4, -0.2) is 162 Å². The third kappa shape index (κ3) is 20.6. The van der Waals surface area contributed by atoms with Gasteiger partial charge in [-0.05, 0) is 32.6 Å². The zero-order chi connectivity index (χ0) is 52.4. The van der Waals surface area contributed by atoms with Crippen LogP contribution in [0.1, 0.15) is 73.1 Å². The van der Waals surface area contributed by atoms with Gasteiger partial charge in [-0.2, -0.15) is 13.2 Å². The number of hydrogen-bond acceptors (Lipinski definition) is 25. The summed E-state index contributed by atoms with van der Waals surface area (Å²) in [4.78, 5) is 109. The van der Waals surface area contributed by atoms with Crippen LogP contribution in [0.3, 0.4) is 0 Å². The van der Waals surface area contributed by atoms with Gasteiger partial charge in [0.1, 0.15) is 0 Å². The second-order valence-electron chi connectivity index (χ2n) is 13.7. The van der Waals surface area contributed by atoms with E-state index in [1.54, 1.807) is 13.8 Å². The van der Waals surface area contributed by atoms with Gasteiger partial charge < -0.3 is 71.1 Å². The Bertz CT molecular complexity index is 1870. The van der Waals surface area contributed by atoms with Crippen molar-refractivity contribution < 1.29 is 132 Å². The molecule has 0 aromatic heterocycles. The molecule has 0 saturated carbocycles. The highest BCUT2D eigenvalue weighted by Gasteiger charge is 2.45. The van der Waals surface area contributed by atoms with Gasteiger partial charge in [0.15, 0.2) is 50.3 Å². The Hall–Kier alpha value is -7.39. The summed E-state index contributed by atoms with van der Waals surface area (Å²) in [5.41, 5.74) is 0. The van der Waals surface area contributed by atoms with E-state index in [0.717, 1.165) is 12.8 Å². The van der Waals surface area contributed by atoms with E-state index < -0.39 is 134 Å². The minimum Gasteiger partial charge on any atom is -0.466 e. The molecular weight excluding hydrogens is 949 g/mol. The lowest BCUT2D eigenvalue weighted by atomic mass is 10.1. The molecule has 5 aliphatic heterocycles. The minimum atomic E-state index is -4.61. The number of hydrogen-bond donors (Lipinski definition) is 0. The van der Waals surface area contributed by atoms with Crippen LogP contribution in [0.2, 0.25) is 0 Å². The van der Waals surface area contributed by atoms with E-state index in [1.807, 2.05) is 13.8 Å². The number of carbonyl (C=O) groups excluding carboxylic acids is 10. The maximum absolute atomic E-state index is 11.7. The first kappa shape index (κ1) is 59.6. The molecule has 28 heteroatoms. The second-order valence-corrected chi connectivity index (χ2v) is 13.7. The summed E-state index contributed by atoms with van der Waals surface area (Å²) in [6.07, 6.45) is -3.67. The summed E-state index contributed by atoms with van der Waals surface area (Å²) in [7, 11) is 2.48. The molecule has 0 aromatic carbocycles. The Morgan fingerprint density at radius 1 is 0.493 bits per heavy atom. The fourth-order valence-electron chi connectivity index (χ4n) is 5.49. The molecule has 10 unspecified atom stereocenters. The molecule has 0 N–H and O–H groups in total. The van der Waals surface area contributed by atoms with Crippen molar-refractivity contribution in [1.29, 1.82) is 0 Å². The van der Waals surface area contributed by atoms with Crippen molar-refractivity contribution in [1.82, 2.24) is 0 Å². The number of methoxy groups -OCH3 is 2. The predicted octanol–water partition coefficient (Wildman–Crippen LogP) is 3.70. The Morgan fingerprint density at radius 2 is 0.797 bits per heavy atom. The maximum Gasteiger partial charge on any atom is 0.509 e. The van der Waals surface area contributed by atoms with Crippen molar-refractivity contribution in [3.63, 3.8) is 0 Å². The monoisotopic (exact) mass is 1000 g/mol. The van der Waals surface area contributed by atoms with Crippen molar-refractivity contribution in [3.05, 3.63) is 0 Å². The van der Waals surface area contributed by atoms with E-state index >= 15 is 0 Å². The van der Waals surface area contributed by atoms with Crippen molar-refractivity contribution in [2.45, 2.75) is 140 Å². The van der Waals surface area contributed by atoms with Gasteiger partial charge in [0.2, 0.25) is 30.5 Å². The molecule has 5 saturated heterocycles. The molecule has 5 aliphatic rings. The summed E-state index contributed by atoms with van der Waals surface area (Å²) < 4.78 is 103. The van der Waals surface area contributed by atoms with E-state index in [9.17, 15) is 61.1 Å². The molecule has 0 spiro atoms. The Kier molecular flexibility index (Phi) is 26.0. The summed E-state index contributed by atoms with van der Waals surface area (Å²) in [5, 5.41) is 0. The third-order valence-electron chi connectivity index (χ3n) is 8.65.